The van der Waals surface area contributed by atoms with E-state index in [1.807, 2.05) is 4.74 Å². The smallest absolute Gasteiger partial charge is 0.368 e. The first-order valence-corrected chi connectivity index (χ1v) is 3.85. The average molecular weight is 312 g/mol. The lowest BCUT2D eigenvalue weighted by Gasteiger charge is -2.24. The van der Waals surface area contributed by atoms with Crippen LogP contribution in [0.3, 0.4) is 0 Å². The zero-order valence-corrected chi connectivity index (χ0v) is 8.21. The van der Waals surface area contributed by atoms with Crippen LogP contribution in [-0.2, 0) is 14.3 Å². The van der Waals surface area contributed by atoms with Gasteiger partial charge in [0.15, 0.2) is 0 Å². The van der Waals surface area contributed by atoms with Crippen molar-refractivity contribution in [1.29, 1.82) is 0 Å². The van der Waals surface area contributed by atoms with Crippen LogP contribution < -0.4 is 0 Å². The van der Waals surface area contributed by atoms with Gasteiger partial charge in [0.1, 0.15) is 6.61 Å². The van der Waals surface area contributed by atoms with Crippen LogP contribution in [0.2, 0.25) is 0 Å². The summed E-state index contributed by atoms with van der Waals surface area (Å²) in [6.07, 6.45) is -17.6. The third kappa shape index (κ3) is 5.48. The van der Waals surface area contributed by atoms with Crippen molar-refractivity contribution in [2.24, 2.45) is 0 Å². The summed E-state index contributed by atoms with van der Waals surface area (Å²) in [4.78, 5) is 10.1. The Morgan fingerprint density at radius 2 is 1.26 bits per heavy atom. The second-order valence-electron chi connectivity index (χ2n) is 2.83. The highest BCUT2D eigenvalue weighted by Gasteiger charge is 2.67. The summed E-state index contributed by atoms with van der Waals surface area (Å²) < 4.78 is 123. The zero-order chi connectivity index (χ0) is 15.7. The summed E-state index contributed by atoms with van der Waals surface area (Å²) >= 11 is 0. The first-order valence-electron chi connectivity index (χ1n) is 3.85. The zero-order valence-electron chi connectivity index (χ0n) is 8.21. The Balaban J connectivity index is 4.91. The first kappa shape index (κ1) is 17.7. The highest BCUT2D eigenvalue weighted by atomic mass is 19.4. The third-order valence-electron chi connectivity index (χ3n) is 1.25. The van der Waals surface area contributed by atoms with Crippen molar-refractivity contribution in [3.05, 3.63) is 0 Å². The van der Waals surface area contributed by atoms with E-state index in [-0.39, 0.29) is 0 Å². The number of ether oxygens (including phenoxy) is 2. The highest BCUT2D eigenvalue weighted by Crippen LogP contribution is 2.38. The molecule has 0 rings (SSSR count). The fourth-order valence-corrected chi connectivity index (χ4v) is 0.551. The summed E-state index contributed by atoms with van der Waals surface area (Å²) in [6, 6.07) is 0. The van der Waals surface area contributed by atoms with E-state index in [0.717, 1.165) is 0 Å². The summed E-state index contributed by atoms with van der Waals surface area (Å²) in [5, 5.41) is 0. The SMILES string of the molecule is O=C(OC(F)(F)F)C(F)(F)C(F)(F)OCC(F)(F)F. The molecule has 0 aromatic rings. The molecular weight excluding hydrogens is 310 g/mol. The second kappa shape index (κ2) is 5.02. The Labute approximate surface area is 96.6 Å². The quantitative estimate of drug-likeness (QED) is 0.591. The molecule has 19 heavy (non-hydrogen) atoms. The molecule has 13 heteroatoms. The van der Waals surface area contributed by atoms with Crippen LogP contribution in [0.1, 0.15) is 0 Å². The van der Waals surface area contributed by atoms with Crippen molar-refractivity contribution in [3.8, 4) is 0 Å². The molecule has 0 bridgehead atoms. The predicted octanol–water partition coefficient (Wildman–Crippen LogP) is 2.86. The maximum absolute atomic E-state index is 12.5. The van der Waals surface area contributed by atoms with Gasteiger partial charge in [-0.2, -0.15) is 30.7 Å². The number of hydrogen-bond acceptors (Lipinski definition) is 3. The van der Waals surface area contributed by atoms with Crippen LogP contribution in [0.25, 0.3) is 0 Å². The van der Waals surface area contributed by atoms with Gasteiger partial charge in [0.2, 0.25) is 0 Å². The van der Waals surface area contributed by atoms with Gasteiger partial charge in [0, 0.05) is 0 Å². The molecule has 3 nitrogen and oxygen atoms in total. The van der Waals surface area contributed by atoms with E-state index in [2.05, 4.69) is 4.74 Å². The monoisotopic (exact) mass is 312 g/mol. The van der Waals surface area contributed by atoms with Crippen LogP contribution in [0.15, 0.2) is 0 Å². The van der Waals surface area contributed by atoms with E-state index in [1.165, 1.54) is 0 Å². The van der Waals surface area contributed by atoms with Gasteiger partial charge >= 0.3 is 30.5 Å². The Morgan fingerprint density at radius 3 is 1.58 bits per heavy atom. The lowest BCUT2D eigenvalue weighted by molar-refractivity contribution is -0.374. The molecule has 0 saturated carbocycles. The van der Waals surface area contributed by atoms with Crippen LogP contribution in [-0.4, -0.2) is 37.1 Å². The Kier molecular flexibility index (Phi) is 4.68. The van der Waals surface area contributed by atoms with Gasteiger partial charge in [0.05, 0.1) is 0 Å². The van der Waals surface area contributed by atoms with Gasteiger partial charge in [-0.05, 0) is 0 Å². The van der Waals surface area contributed by atoms with Gasteiger partial charge in [-0.15, -0.1) is 13.2 Å². The van der Waals surface area contributed by atoms with Crippen LogP contribution in [0.4, 0.5) is 43.9 Å². The number of hydrogen-bond donors (Lipinski definition) is 0. The van der Waals surface area contributed by atoms with Crippen LogP contribution in [0.5, 0.6) is 0 Å². The fourth-order valence-electron chi connectivity index (χ4n) is 0.551. The minimum atomic E-state index is -6.26. The van der Waals surface area contributed by atoms with Crippen molar-refractivity contribution < 1.29 is 58.2 Å². The van der Waals surface area contributed by atoms with Crippen LogP contribution >= 0.6 is 0 Å². The molecule has 0 aliphatic heterocycles. The largest absolute Gasteiger partial charge is 0.575 e. The number of esters is 1. The lowest BCUT2D eigenvalue weighted by atomic mass is 10.3. The molecule has 0 heterocycles. The van der Waals surface area contributed by atoms with E-state index in [1.54, 1.807) is 0 Å². The Hall–Kier alpha value is -1.27. The van der Waals surface area contributed by atoms with Crippen LogP contribution in [0, 0.1) is 0 Å². The lowest BCUT2D eigenvalue weighted by Crippen LogP contribution is -2.52. The fraction of sp³-hybridized carbons (Fsp3) is 0.833. The van der Waals surface area contributed by atoms with Crippen molar-refractivity contribution in [2.75, 3.05) is 6.61 Å². The Bertz CT molecular complexity index is 329. The average Bonchev–Trinajstić information content (AvgIpc) is 2.10. The molecule has 0 unspecified atom stereocenters. The number of carbonyl (C=O) groups is 1. The topological polar surface area (TPSA) is 35.5 Å². The highest BCUT2D eigenvalue weighted by molar-refractivity contribution is 5.78. The Morgan fingerprint density at radius 1 is 0.842 bits per heavy atom. The summed E-state index contributed by atoms with van der Waals surface area (Å²) in [7, 11) is 0. The molecule has 0 amide bonds. The first-order chi connectivity index (χ1) is 8.08. The van der Waals surface area contributed by atoms with E-state index in [9.17, 15) is 48.7 Å². The molecule has 0 radical (unpaired) electrons. The molecule has 0 atom stereocenters. The molecule has 0 aliphatic rings. The van der Waals surface area contributed by atoms with E-state index >= 15 is 0 Å². The van der Waals surface area contributed by atoms with E-state index in [4.69, 9.17) is 0 Å². The van der Waals surface area contributed by atoms with Gasteiger partial charge in [-0.1, -0.05) is 0 Å². The maximum Gasteiger partial charge on any atom is 0.575 e. The summed E-state index contributed by atoms with van der Waals surface area (Å²) in [6.45, 7) is -2.91. The standard InChI is InChI=1S/C6H2F10O3/c7-3(8,9)1-18-5(12,13)4(10,11)2(17)19-6(14,15)16/h1H2. The minimum Gasteiger partial charge on any atom is -0.368 e. The summed E-state index contributed by atoms with van der Waals surface area (Å²) in [5.41, 5.74) is 0. The van der Waals surface area contributed by atoms with Crippen molar-refractivity contribution >= 4 is 5.97 Å². The molecule has 0 aromatic heterocycles. The number of carbonyl (C=O) groups excluding carboxylic acids is 1. The van der Waals surface area contributed by atoms with Crippen molar-refractivity contribution in [2.45, 2.75) is 24.6 Å². The van der Waals surface area contributed by atoms with E-state index in [0.29, 0.717) is 0 Å². The summed E-state index contributed by atoms with van der Waals surface area (Å²) in [5.74, 6) is -10.1. The molecule has 0 spiro atoms. The molecule has 0 saturated heterocycles. The number of alkyl halides is 10. The van der Waals surface area contributed by atoms with Gasteiger partial charge in [0.25, 0.3) is 0 Å². The van der Waals surface area contributed by atoms with E-state index < -0.39 is 37.1 Å². The molecular formula is C6H2F10O3. The molecule has 0 aromatic carbocycles. The van der Waals surface area contributed by atoms with Crippen molar-refractivity contribution in [3.63, 3.8) is 0 Å². The van der Waals surface area contributed by atoms with Crippen molar-refractivity contribution in [1.82, 2.24) is 0 Å². The molecule has 0 fully saturated rings. The number of halogens is 10. The predicted molar refractivity (Wildman–Crippen MR) is 34.0 cm³/mol. The second-order valence-corrected chi connectivity index (χ2v) is 2.83. The van der Waals surface area contributed by atoms with Gasteiger partial charge in [-0.25, -0.2) is 4.79 Å². The molecule has 0 N–H and O–H groups in total. The maximum atomic E-state index is 12.5. The number of rotatable bonds is 4. The normalized spacial score (nSPS) is 14.4. The van der Waals surface area contributed by atoms with Gasteiger partial charge in [-0.3, -0.25) is 0 Å². The van der Waals surface area contributed by atoms with Gasteiger partial charge < -0.3 is 9.47 Å². The molecule has 114 valence electrons. The third-order valence-corrected chi connectivity index (χ3v) is 1.25. The molecule has 0 aliphatic carbocycles. The minimum absolute atomic E-state index is 1.99.